The van der Waals surface area contributed by atoms with Gasteiger partial charge in [0.05, 0.1) is 17.9 Å². The highest BCUT2D eigenvalue weighted by molar-refractivity contribution is 6.03. The summed E-state index contributed by atoms with van der Waals surface area (Å²) >= 11 is 0. The number of methoxy groups -OCH3 is 1. The van der Waals surface area contributed by atoms with E-state index in [9.17, 15) is 19.5 Å². The van der Waals surface area contributed by atoms with Crippen LogP contribution in [0.25, 0.3) is 11.1 Å². The van der Waals surface area contributed by atoms with Gasteiger partial charge >= 0.3 is 12.1 Å². The van der Waals surface area contributed by atoms with Crippen LogP contribution in [-0.4, -0.2) is 49.4 Å². The molecule has 8 heteroatoms. The van der Waals surface area contributed by atoms with Crippen LogP contribution in [0.3, 0.4) is 0 Å². The number of hydrogen-bond donors (Lipinski definition) is 3. The molecule has 2 amide bonds. The van der Waals surface area contributed by atoms with Crippen molar-refractivity contribution in [3.05, 3.63) is 89.0 Å². The third-order valence-electron chi connectivity index (χ3n) is 6.03. The van der Waals surface area contributed by atoms with Gasteiger partial charge in [0.25, 0.3) is 0 Å². The molecular formula is C27H26N2O6. The van der Waals surface area contributed by atoms with E-state index in [1.807, 2.05) is 48.5 Å². The first-order valence-corrected chi connectivity index (χ1v) is 11.1. The van der Waals surface area contributed by atoms with Crippen molar-refractivity contribution in [2.24, 2.45) is 0 Å². The lowest BCUT2D eigenvalue weighted by atomic mass is 9.98. The summed E-state index contributed by atoms with van der Waals surface area (Å²) in [6.07, 6.45) is -0.772. The van der Waals surface area contributed by atoms with E-state index in [2.05, 4.69) is 10.6 Å². The SMILES string of the molecule is COCC(NC(=O)OCC1c2ccccc2-c2ccccc21)C(=O)Nc1cccc(C)c1C(=O)O. The number of rotatable bonds is 8. The topological polar surface area (TPSA) is 114 Å². The van der Waals surface area contributed by atoms with Gasteiger partial charge in [0.1, 0.15) is 12.6 Å². The number of ether oxygens (including phenoxy) is 2. The van der Waals surface area contributed by atoms with Gasteiger partial charge in [-0.2, -0.15) is 0 Å². The molecule has 0 saturated carbocycles. The number of alkyl carbamates (subject to hydrolysis) is 1. The molecule has 180 valence electrons. The molecule has 0 saturated heterocycles. The van der Waals surface area contributed by atoms with Crippen molar-refractivity contribution in [1.82, 2.24) is 5.32 Å². The molecule has 1 aliphatic rings. The highest BCUT2D eigenvalue weighted by Gasteiger charge is 2.30. The van der Waals surface area contributed by atoms with Gasteiger partial charge in [-0.25, -0.2) is 9.59 Å². The molecule has 0 fully saturated rings. The molecule has 0 radical (unpaired) electrons. The molecule has 1 atom stereocenters. The number of carbonyl (C=O) groups is 3. The van der Waals surface area contributed by atoms with E-state index in [0.29, 0.717) is 5.56 Å². The number of amides is 2. The normalized spacial score (nSPS) is 12.9. The van der Waals surface area contributed by atoms with Gasteiger partial charge in [-0.1, -0.05) is 60.7 Å². The van der Waals surface area contributed by atoms with Crippen LogP contribution >= 0.6 is 0 Å². The number of nitrogens with one attached hydrogen (secondary N) is 2. The molecule has 35 heavy (non-hydrogen) atoms. The van der Waals surface area contributed by atoms with E-state index in [1.165, 1.54) is 13.2 Å². The maximum Gasteiger partial charge on any atom is 0.407 e. The van der Waals surface area contributed by atoms with Crippen molar-refractivity contribution < 1.29 is 29.0 Å². The summed E-state index contributed by atoms with van der Waals surface area (Å²) < 4.78 is 10.6. The number of aryl methyl sites for hydroxylation is 1. The summed E-state index contributed by atoms with van der Waals surface area (Å²) in [5.41, 5.74) is 5.00. The molecule has 1 unspecified atom stereocenters. The Hall–Kier alpha value is -4.17. The lowest BCUT2D eigenvalue weighted by molar-refractivity contribution is -0.119. The van der Waals surface area contributed by atoms with Crippen LogP contribution in [0.15, 0.2) is 66.7 Å². The summed E-state index contributed by atoms with van der Waals surface area (Å²) in [5.74, 6) is -1.90. The Morgan fingerprint density at radius 2 is 1.57 bits per heavy atom. The Balaban J connectivity index is 1.43. The summed E-state index contributed by atoms with van der Waals surface area (Å²) in [6, 6.07) is 19.7. The van der Waals surface area contributed by atoms with Crippen molar-refractivity contribution in [3.63, 3.8) is 0 Å². The molecule has 8 nitrogen and oxygen atoms in total. The van der Waals surface area contributed by atoms with E-state index in [1.54, 1.807) is 19.1 Å². The molecular weight excluding hydrogens is 448 g/mol. The van der Waals surface area contributed by atoms with E-state index in [4.69, 9.17) is 9.47 Å². The number of hydrogen-bond acceptors (Lipinski definition) is 5. The fourth-order valence-electron chi connectivity index (χ4n) is 4.41. The van der Waals surface area contributed by atoms with Crippen molar-refractivity contribution in [1.29, 1.82) is 0 Å². The Kier molecular flexibility index (Phi) is 7.12. The summed E-state index contributed by atoms with van der Waals surface area (Å²) in [7, 11) is 1.40. The van der Waals surface area contributed by atoms with Gasteiger partial charge < -0.3 is 25.2 Å². The van der Waals surface area contributed by atoms with Crippen molar-refractivity contribution in [2.75, 3.05) is 25.6 Å². The largest absolute Gasteiger partial charge is 0.478 e. The number of carboxylic acid groups (broad SMARTS) is 1. The van der Waals surface area contributed by atoms with Crippen LogP contribution in [0.1, 0.15) is 33.0 Å². The summed E-state index contributed by atoms with van der Waals surface area (Å²) in [6.45, 7) is 1.62. The number of aromatic carboxylic acids is 1. The number of carboxylic acids is 1. The van der Waals surface area contributed by atoms with Gasteiger partial charge in [-0.3, -0.25) is 4.79 Å². The third-order valence-corrected chi connectivity index (χ3v) is 6.03. The maximum atomic E-state index is 12.9. The first-order valence-electron chi connectivity index (χ1n) is 11.1. The lowest BCUT2D eigenvalue weighted by Gasteiger charge is -2.20. The molecule has 3 aromatic rings. The first-order chi connectivity index (χ1) is 16.9. The van der Waals surface area contributed by atoms with Crippen LogP contribution in [0.5, 0.6) is 0 Å². The number of anilines is 1. The molecule has 4 rings (SSSR count). The maximum absolute atomic E-state index is 12.9. The molecule has 0 aromatic heterocycles. The average molecular weight is 475 g/mol. The predicted molar refractivity (Wildman–Crippen MR) is 131 cm³/mol. The zero-order chi connectivity index (χ0) is 24.9. The monoisotopic (exact) mass is 474 g/mol. The van der Waals surface area contributed by atoms with Crippen LogP contribution < -0.4 is 10.6 Å². The van der Waals surface area contributed by atoms with Gasteiger partial charge in [0.15, 0.2) is 0 Å². The summed E-state index contributed by atoms with van der Waals surface area (Å²) in [5, 5.41) is 14.6. The molecule has 0 bridgehead atoms. The van der Waals surface area contributed by atoms with Crippen LogP contribution in [-0.2, 0) is 14.3 Å². The van der Waals surface area contributed by atoms with Crippen LogP contribution in [0.4, 0.5) is 10.5 Å². The average Bonchev–Trinajstić information content (AvgIpc) is 3.16. The van der Waals surface area contributed by atoms with Crippen LogP contribution in [0.2, 0.25) is 0 Å². The predicted octanol–water partition coefficient (Wildman–Crippen LogP) is 4.19. The third kappa shape index (κ3) is 5.02. The smallest absolute Gasteiger partial charge is 0.407 e. The zero-order valence-corrected chi connectivity index (χ0v) is 19.4. The highest BCUT2D eigenvalue weighted by atomic mass is 16.5. The highest BCUT2D eigenvalue weighted by Crippen LogP contribution is 2.44. The molecule has 3 N–H and O–H groups in total. The quantitative estimate of drug-likeness (QED) is 0.451. The zero-order valence-electron chi connectivity index (χ0n) is 19.4. The summed E-state index contributed by atoms with van der Waals surface area (Å²) in [4.78, 5) is 37.1. The standard InChI is InChI=1S/C27H26N2O6/c1-16-8-7-13-22(24(16)26(31)32)28-25(30)23(15-34-2)29-27(33)35-14-21-19-11-5-3-9-17(19)18-10-4-6-12-20(18)21/h3-13,21,23H,14-15H2,1-2H3,(H,28,30)(H,29,33)(H,31,32). The van der Waals surface area contributed by atoms with E-state index in [0.717, 1.165) is 22.3 Å². The Morgan fingerprint density at radius 3 is 2.17 bits per heavy atom. The number of benzene rings is 3. The Morgan fingerprint density at radius 1 is 0.943 bits per heavy atom. The molecule has 0 aliphatic heterocycles. The second-order valence-corrected chi connectivity index (χ2v) is 8.27. The van der Waals surface area contributed by atoms with Gasteiger partial charge in [0.2, 0.25) is 5.91 Å². The number of fused-ring (bicyclic) bond motifs is 3. The van der Waals surface area contributed by atoms with Crippen molar-refractivity contribution >= 4 is 23.7 Å². The number of carbonyl (C=O) groups excluding carboxylic acids is 2. The molecule has 0 spiro atoms. The minimum atomic E-state index is -1.16. The van der Waals surface area contributed by atoms with Crippen molar-refractivity contribution in [2.45, 2.75) is 18.9 Å². The van der Waals surface area contributed by atoms with Gasteiger partial charge in [-0.15, -0.1) is 0 Å². The fraction of sp³-hybridized carbons (Fsp3) is 0.222. The van der Waals surface area contributed by atoms with Gasteiger partial charge in [0, 0.05) is 13.0 Å². The van der Waals surface area contributed by atoms with Gasteiger partial charge in [-0.05, 0) is 40.8 Å². The minimum Gasteiger partial charge on any atom is -0.478 e. The Bertz CT molecular complexity index is 1230. The molecule has 1 aliphatic carbocycles. The lowest BCUT2D eigenvalue weighted by Crippen LogP contribution is -2.47. The minimum absolute atomic E-state index is 0.0156. The fourth-order valence-corrected chi connectivity index (χ4v) is 4.41. The second kappa shape index (κ2) is 10.4. The van der Waals surface area contributed by atoms with E-state index >= 15 is 0 Å². The second-order valence-electron chi connectivity index (χ2n) is 8.27. The van der Waals surface area contributed by atoms with Crippen LogP contribution in [0, 0.1) is 6.92 Å². The van der Waals surface area contributed by atoms with E-state index in [-0.39, 0.29) is 30.4 Å². The van der Waals surface area contributed by atoms with Crippen molar-refractivity contribution in [3.8, 4) is 11.1 Å². The molecule has 0 heterocycles. The molecule has 3 aromatic carbocycles. The first kappa shape index (κ1) is 24.0. The van der Waals surface area contributed by atoms with E-state index < -0.39 is 24.0 Å². The Labute approximate surface area is 202 Å².